The van der Waals surface area contributed by atoms with Crippen LogP contribution in [0.5, 0.6) is 0 Å². The van der Waals surface area contributed by atoms with Crippen molar-refractivity contribution in [2.24, 2.45) is 47.3 Å². The van der Waals surface area contributed by atoms with E-state index in [1.54, 1.807) is 4.90 Å². The second-order valence-corrected chi connectivity index (χ2v) is 16.1. The molecule has 0 spiro atoms. The van der Waals surface area contributed by atoms with Gasteiger partial charge in [0.2, 0.25) is 11.8 Å². The number of para-hydroxylation sites is 1. The molecule has 222 valence electrons. The maximum absolute atomic E-state index is 13.7. The van der Waals surface area contributed by atoms with Gasteiger partial charge in [0.25, 0.3) is 0 Å². The lowest BCUT2D eigenvalue weighted by molar-refractivity contribution is -0.142. The summed E-state index contributed by atoms with van der Waals surface area (Å²) < 4.78 is 29.8. The second-order valence-electron chi connectivity index (χ2n) is 14.0. The molecule has 9 heteroatoms. The van der Waals surface area contributed by atoms with Crippen LogP contribution in [-0.4, -0.2) is 73.4 Å². The number of amides is 2. The third kappa shape index (κ3) is 4.85. The molecule has 2 aromatic rings. The molecular weight excluding hydrogens is 538 g/mol. The van der Waals surface area contributed by atoms with Gasteiger partial charge in [0, 0.05) is 30.6 Å². The zero-order valence-electron chi connectivity index (χ0n) is 24.3. The van der Waals surface area contributed by atoms with E-state index in [0.29, 0.717) is 24.3 Å². The Morgan fingerprint density at radius 1 is 0.927 bits per heavy atom. The molecule has 7 rings (SSSR count). The van der Waals surface area contributed by atoms with Gasteiger partial charge in [-0.1, -0.05) is 37.1 Å². The van der Waals surface area contributed by atoms with Gasteiger partial charge < -0.3 is 9.42 Å². The standard InChI is InChI=1S/C32H43N3O5S/c1-19-24-15-25(26(19)18-41(2,38)39)29-28(24)31(36)35(32(29)37)17-22-8-4-3-7-21(22)16-34-13-11-20(12-14-34)30-23-9-5-6-10-27(23)40-33-30/h5-6,9-10,19-22,24-26,28-29H,3-4,7-8,11-18H2,1-2H3/t19?,21-,22-,24?,25?,26?,28?,29?/m1/s1. The van der Waals surface area contributed by atoms with Gasteiger partial charge in [0.1, 0.15) is 9.84 Å². The number of nitrogens with zero attached hydrogens (tertiary/aromatic N) is 3. The first-order chi connectivity index (χ1) is 19.7. The number of rotatable bonds is 7. The predicted molar refractivity (Wildman–Crippen MR) is 156 cm³/mol. The van der Waals surface area contributed by atoms with Crippen molar-refractivity contribution >= 4 is 32.6 Å². The van der Waals surface area contributed by atoms with Gasteiger partial charge in [-0.05, 0) is 92.8 Å². The molecule has 2 aliphatic heterocycles. The highest BCUT2D eigenvalue weighted by Crippen LogP contribution is 2.61. The summed E-state index contributed by atoms with van der Waals surface area (Å²) in [5, 5.41) is 5.55. The van der Waals surface area contributed by atoms with Crippen molar-refractivity contribution in [2.75, 3.05) is 38.2 Å². The molecule has 5 aliphatic rings. The number of imide groups is 1. The molecule has 2 saturated heterocycles. The number of carbonyl (C=O) groups is 2. The van der Waals surface area contributed by atoms with Crippen LogP contribution in [0.15, 0.2) is 28.8 Å². The van der Waals surface area contributed by atoms with Crippen LogP contribution in [0.2, 0.25) is 0 Å². The molecule has 3 aliphatic carbocycles. The lowest BCUT2D eigenvalue weighted by atomic mass is 9.70. The van der Waals surface area contributed by atoms with E-state index < -0.39 is 9.84 Å². The highest BCUT2D eigenvalue weighted by Gasteiger charge is 2.66. The van der Waals surface area contributed by atoms with Crippen LogP contribution in [0.1, 0.15) is 63.5 Å². The lowest BCUT2D eigenvalue weighted by Gasteiger charge is -2.39. The first-order valence-corrected chi connectivity index (χ1v) is 17.8. The minimum absolute atomic E-state index is 0.00598. The van der Waals surface area contributed by atoms with Crippen LogP contribution in [0.25, 0.3) is 11.0 Å². The number of aromatic nitrogens is 1. The van der Waals surface area contributed by atoms with Crippen LogP contribution in [0.3, 0.4) is 0 Å². The highest BCUT2D eigenvalue weighted by molar-refractivity contribution is 7.90. The van der Waals surface area contributed by atoms with E-state index in [-0.39, 0.29) is 53.1 Å². The smallest absolute Gasteiger partial charge is 0.233 e. The zero-order valence-corrected chi connectivity index (χ0v) is 25.1. The number of hydrogen-bond acceptors (Lipinski definition) is 7. The van der Waals surface area contributed by atoms with Crippen LogP contribution in [0, 0.1) is 47.3 Å². The number of carbonyl (C=O) groups excluding carboxylic acids is 2. The van der Waals surface area contributed by atoms with Gasteiger partial charge in [0.05, 0.1) is 23.3 Å². The molecule has 0 radical (unpaired) electrons. The Labute approximate surface area is 243 Å². The fraction of sp³-hybridized carbons (Fsp3) is 0.719. The Morgan fingerprint density at radius 2 is 1.59 bits per heavy atom. The topological polar surface area (TPSA) is 101 Å². The molecule has 1 aromatic heterocycles. The van der Waals surface area contributed by atoms with Gasteiger partial charge in [0.15, 0.2) is 5.58 Å². The average Bonchev–Trinajstić information content (AvgIpc) is 3.69. The van der Waals surface area contributed by atoms with Gasteiger partial charge in [-0.2, -0.15) is 0 Å². The predicted octanol–water partition coefficient (Wildman–Crippen LogP) is 4.36. The molecule has 3 saturated carbocycles. The number of hydrogen-bond donors (Lipinski definition) is 0. The Kier molecular flexibility index (Phi) is 7.04. The van der Waals surface area contributed by atoms with Gasteiger partial charge in [-0.15, -0.1) is 0 Å². The summed E-state index contributed by atoms with van der Waals surface area (Å²) in [6.07, 6.45) is 8.84. The molecule has 0 N–H and O–H groups in total. The van der Waals surface area contributed by atoms with Crippen molar-refractivity contribution < 1.29 is 22.5 Å². The molecular formula is C32H43N3O5S. The summed E-state index contributed by atoms with van der Waals surface area (Å²) in [6, 6.07) is 8.11. The van der Waals surface area contributed by atoms with Gasteiger partial charge in [-0.25, -0.2) is 8.42 Å². The van der Waals surface area contributed by atoms with E-state index in [2.05, 4.69) is 23.0 Å². The number of piperidine rings is 1. The Hall–Kier alpha value is -2.26. The molecule has 2 amide bonds. The van der Waals surface area contributed by atoms with Crippen molar-refractivity contribution in [3.05, 3.63) is 30.0 Å². The van der Waals surface area contributed by atoms with E-state index >= 15 is 0 Å². The minimum Gasteiger partial charge on any atom is -0.356 e. The number of likely N-dealkylation sites (tertiary alicyclic amines) is 2. The van der Waals surface area contributed by atoms with Crippen LogP contribution in [0.4, 0.5) is 0 Å². The summed E-state index contributed by atoms with van der Waals surface area (Å²) in [4.78, 5) is 31.7. The second kappa shape index (κ2) is 10.5. The first-order valence-electron chi connectivity index (χ1n) is 15.8. The maximum Gasteiger partial charge on any atom is 0.233 e. The Balaban J connectivity index is 0.993. The zero-order chi connectivity index (χ0) is 28.5. The van der Waals surface area contributed by atoms with Crippen molar-refractivity contribution in [1.82, 2.24) is 15.0 Å². The molecule has 1 aromatic carbocycles. The van der Waals surface area contributed by atoms with Gasteiger partial charge in [-0.3, -0.25) is 14.5 Å². The van der Waals surface area contributed by atoms with E-state index in [1.165, 1.54) is 12.7 Å². The third-order valence-electron chi connectivity index (χ3n) is 11.7. The van der Waals surface area contributed by atoms with Crippen molar-refractivity contribution in [3.8, 4) is 0 Å². The van der Waals surface area contributed by atoms with Crippen LogP contribution < -0.4 is 0 Å². The Bertz CT molecular complexity index is 1430. The van der Waals surface area contributed by atoms with Crippen molar-refractivity contribution in [1.29, 1.82) is 0 Å². The fourth-order valence-corrected chi connectivity index (χ4v) is 10.9. The minimum atomic E-state index is -3.13. The molecule has 8 atom stereocenters. The monoisotopic (exact) mass is 581 g/mol. The quantitative estimate of drug-likeness (QED) is 0.448. The van der Waals surface area contributed by atoms with Gasteiger partial charge >= 0.3 is 0 Å². The van der Waals surface area contributed by atoms with E-state index in [0.717, 1.165) is 74.8 Å². The van der Waals surface area contributed by atoms with Crippen LogP contribution in [-0.2, 0) is 19.4 Å². The average molecular weight is 582 g/mol. The van der Waals surface area contributed by atoms with Crippen molar-refractivity contribution in [3.63, 3.8) is 0 Å². The summed E-state index contributed by atoms with van der Waals surface area (Å²) in [5.41, 5.74) is 1.95. The summed E-state index contributed by atoms with van der Waals surface area (Å²) >= 11 is 0. The largest absolute Gasteiger partial charge is 0.356 e. The molecule has 5 fully saturated rings. The maximum atomic E-state index is 13.7. The number of benzene rings is 1. The molecule has 6 unspecified atom stereocenters. The normalized spacial score (nSPS) is 36.5. The molecule has 8 nitrogen and oxygen atoms in total. The van der Waals surface area contributed by atoms with E-state index in [1.807, 2.05) is 18.2 Å². The van der Waals surface area contributed by atoms with Crippen LogP contribution >= 0.6 is 0 Å². The molecule has 3 heterocycles. The summed E-state index contributed by atoms with van der Waals surface area (Å²) in [6.45, 7) is 5.73. The van der Waals surface area contributed by atoms with Crippen molar-refractivity contribution in [2.45, 2.75) is 57.8 Å². The Morgan fingerprint density at radius 3 is 2.29 bits per heavy atom. The number of fused-ring (bicyclic) bond motifs is 6. The third-order valence-corrected chi connectivity index (χ3v) is 12.7. The first kappa shape index (κ1) is 27.6. The molecule has 2 bridgehead atoms. The van der Waals surface area contributed by atoms with E-state index in [9.17, 15) is 18.0 Å². The summed E-state index contributed by atoms with van der Waals surface area (Å²) in [5.74, 6) is 1.21. The van der Waals surface area contributed by atoms with E-state index in [4.69, 9.17) is 4.52 Å². The highest BCUT2D eigenvalue weighted by atomic mass is 32.2. The summed E-state index contributed by atoms with van der Waals surface area (Å²) in [7, 11) is -3.13. The molecule has 41 heavy (non-hydrogen) atoms. The fourth-order valence-electron chi connectivity index (χ4n) is 9.70. The lowest BCUT2D eigenvalue weighted by Crippen LogP contribution is -2.44. The SMILES string of the molecule is CC1C(CS(C)(=O)=O)C2CC1C1C(=O)N(C[C@H]3CCCC[C@@H]3CN3CCC(c4noc5ccccc45)CC3)C(=O)C21. The number of sulfone groups is 1.